The molecule has 0 aromatic carbocycles. The lowest BCUT2D eigenvalue weighted by molar-refractivity contribution is -0.390. The summed E-state index contributed by atoms with van der Waals surface area (Å²) in [6.07, 6.45) is -0.0442. The van der Waals surface area contributed by atoms with Crippen LogP contribution < -0.4 is 0 Å². The molecule has 0 aliphatic carbocycles. The molecule has 0 saturated heterocycles. The number of carbonyl (C=O) groups excluding carboxylic acids is 1. The predicted molar refractivity (Wildman–Crippen MR) is 54.6 cm³/mol. The number of nitro groups is 1. The van der Waals surface area contributed by atoms with Gasteiger partial charge in [-0.05, 0) is 9.91 Å². The maximum Gasteiger partial charge on any atom is 0.388 e. The second-order valence-corrected chi connectivity index (χ2v) is 3.23. The van der Waals surface area contributed by atoms with Crippen molar-refractivity contribution < 1.29 is 14.5 Å². The molecule has 0 amide bonds. The van der Waals surface area contributed by atoms with E-state index in [1.165, 1.54) is 18.5 Å². The van der Waals surface area contributed by atoms with Crippen LogP contribution in [0.5, 0.6) is 0 Å². The van der Waals surface area contributed by atoms with Gasteiger partial charge < -0.3 is 19.4 Å². The Morgan fingerprint density at radius 3 is 2.82 bits per heavy atom. The second-order valence-electron chi connectivity index (χ2n) is 3.23. The highest BCUT2D eigenvalue weighted by Gasteiger charge is 2.25. The molecule has 0 radical (unpaired) electrons. The summed E-state index contributed by atoms with van der Waals surface area (Å²) in [5.74, 6) is -0.664. The van der Waals surface area contributed by atoms with E-state index in [1.807, 2.05) is 6.07 Å². The van der Waals surface area contributed by atoms with Crippen LogP contribution in [0.3, 0.4) is 0 Å². The lowest BCUT2D eigenvalue weighted by Crippen LogP contribution is -2.07. The van der Waals surface area contributed by atoms with Gasteiger partial charge in [-0.2, -0.15) is 5.26 Å². The van der Waals surface area contributed by atoms with E-state index in [1.54, 1.807) is 0 Å². The van der Waals surface area contributed by atoms with Crippen LogP contribution in [0.1, 0.15) is 18.4 Å². The van der Waals surface area contributed by atoms with Gasteiger partial charge in [-0.25, -0.2) is 0 Å². The van der Waals surface area contributed by atoms with Gasteiger partial charge in [-0.15, -0.1) is 0 Å². The Labute approximate surface area is 96.6 Å². The maximum absolute atomic E-state index is 10.7. The van der Waals surface area contributed by atoms with Gasteiger partial charge in [0, 0.05) is 14.0 Å². The number of nitriles is 1. The topological polar surface area (TPSA) is 111 Å². The first kappa shape index (κ1) is 12.6. The number of esters is 1. The Morgan fingerprint density at radius 1 is 1.71 bits per heavy atom. The Bertz CT molecular complexity index is 500. The molecule has 0 fully saturated rings. The molecule has 1 rings (SSSR count). The van der Waals surface area contributed by atoms with Crippen LogP contribution >= 0.6 is 0 Å². The molecule has 8 nitrogen and oxygen atoms in total. The van der Waals surface area contributed by atoms with Crippen molar-refractivity contribution in [3.63, 3.8) is 0 Å². The van der Waals surface area contributed by atoms with Gasteiger partial charge in [0.1, 0.15) is 13.0 Å². The minimum Gasteiger partial charge on any atom is -0.459 e. The number of carbonyl (C=O) groups is 1. The van der Waals surface area contributed by atoms with Gasteiger partial charge in [-0.3, -0.25) is 4.79 Å². The summed E-state index contributed by atoms with van der Waals surface area (Å²) in [6.45, 7) is 0.971. The second kappa shape index (κ2) is 5.07. The number of hydrogen-bond donors (Lipinski definition) is 0. The van der Waals surface area contributed by atoms with Crippen molar-refractivity contribution in [3.05, 3.63) is 21.6 Å². The molecule has 0 saturated carbocycles. The Hall–Kier alpha value is -2.43. The Balaban J connectivity index is 3.11. The summed E-state index contributed by atoms with van der Waals surface area (Å²) in [7, 11) is 1.53. The van der Waals surface area contributed by atoms with Crippen LogP contribution in [0.25, 0.3) is 0 Å². The van der Waals surface area contributed by atoms with Crippen molar-refractivity contribution in [2.75, 3.05) is 0 Å². The van der Waals surface area contributed by atoms with Gasteiger partial charge in [0.25, 0.3) is 0 Å². The summed E-state index contributed by atoms with van der Waals surface area (Å²) in [5, 5.41) is 19.3. The lowest BCUT2D eigenvalue weighted by atomic mass is 10.4. The zero-order valence-electron chi connectivity index (χ0n) is 9.34. The molecule has 0 unspecified atom stereocenters. The lowest BCUT2D eigenvalue weighted by Gasteiger charge is -2.02. The number of rotatable bonds is 4. The van der Waals surface area contributed by atoms with Crippen LogP contribution in [0.4, 0.5) is 5.82 Å². The molecule has 8 heteroatoms. The number of aromatic nitrogens is 2. The third-order valence-corrected chi connectivity index (χ3v) is 2.11. The molecule has 0 bridgehead atoms. The quantitative estimate of drug-likeness (QED) is 0.428. The van der Waals surface area contributed by atoms with Crippen molar-refractivity contribution in [1.29, 1.82) is 5.26 Å². The molecule has 0 N–H and O–H groups in total. The first-order chi connectivity index (χ1) is 7.97. The first-order valence-corrected chi connectivity index (χ1v) is 4.66. The van der Waals surface area contributed by atoms with Crippen molar-refractivity contribution in [3.8, 4) is 6.07 Å². The monoisotopic (exact) mass is 238 g/mol. The van der Waals surface area contributed by atoms with Crippen LogP contribution in [-0.4, -0.2) is 20.4 Å². The number of nitrogens with zero attached hydrogens (tertiary/aromatic N) is 4. The normalized spacial score (nSPS) is 9.71. The fourth-order valence-electron chi connectivity index (χ4n) is 1.27. The van der Waals surface area contributed by atoms with Gasteiger partial charge >= 0.3 is 11.8 Å². The third kappa shape index (κ3) is 2.78. The standard InChI is InChI=1S/C9H10N4O4/c1-6(14)17-5-7-9(13(15)16)11-8(3-4-10)12(7)2/h3,5H2,1-2H3. The molecule has 1 aromatic heterocycles. The summed E-state index contributed by atoms with van der Waals surface area (Å²) >= 11 is 0. The number of imidazole rings is 1. The Kier molecular flexibility index (Phi) is 3.77. The fraction of sp³-hybridized carbons (Fsp3) is 0.444. The molecule has 0 aliphatic heterocycles. The summed E-state index contributed by atoms with van der Waals surface area (Å²) < 4.78 is 6.10. The molecule has 0 aliphatic rings. The predicted octanol–water partition coefficient (Wildman–Crippen LogP) is 0.457. The fourth-order valence-corrected chi connectivity index (χ4v) is 1.27. The highest BCUT2D eigenvalue weighted by atomic mass is 16.6. The van der Waals surface area contributed by atoms with E-state index in [9.17, 15) is 14.9 Å². The molecule has 0 atom stereocenters. The van der Waals surface area contributed by atoms with Crippen molar-refractivity contribution in [2.45, 2.75) is 20.0 Å². The summed E-state index contributed by atoms with van der Waals surface area (Å²) in [5.41, 5.74) is 0.162. The van der Waals surface area contributed by atoms with Crippen molar-refractivity contribution in [1.82, 2.24) is 9.55 Å². The zero-order chi connectivity index (χ0) is 13.0. The Morgan fingerprint density at radius 2 is 2.35 bits per heavy atom. The summed E-state index contributed by atoms with van der Waals surface area (Å²) in [4.78, 5) is 24.5. The van der Waals surface area contributed by atoms with Crippen molar-refractivity contribution in [2.24, 2.45) is 7.05 Å². The van der Waals surface area contributed by atoms with Crippen LogP contribution in [0, 0.1) is 21.4 Å². The smallest absolute Gasteiger partial charge is 0.388 e. The number of hydrogen-bond acceptors (Lipinski definition) is 6. The van der Waals surface area contributed by atoms with Crippen LogP contribution in [-0.2, 0) is 29.6 Å². The molecular formula is C9H10N4O4. The van der Waals surface area contributed by atoms with Crippen LogP contribution in [0.2, 0.25) is 0 Å². The largest absolute Gasteiger partial charge is 0.459 e. The van der Waals surface area contributed by atoms with Gasteiger partial charge in [0.05, 0.1) is 6.07 Å². The van der Waals surface area contributed by atoms with Gasteiger partial charge in [0.2, 0.25) is 5.82 Å². The molecule has 1 heterocycles. The highest BCUT2D eigenvalue weighted by Crippen LogP contribution is 2.19. The van der Waals surface area contributed by atoms with E-state index in [4.69, 9.17) is 10.00 Å². The van der Waals surface area contributed by atoms with Crippen molar-refractivity contribution >= 4 is 11.8 Å². The zero-order valence-corrected chi connectivity index (χ0v) is 9.34. The van der Waals surface area contributed by atoms with E-state index in [0.717, 1.165) is 0 Å². The van der Waals surface area contributed by atoms with Crippen LogP contribution in [0.15, 0.2) is 0 Å². The molecule has 17 heavy (non-hydrogen) atoms. The highest BCUT2D eigenvalue weighted by molar-refractivity contribution is 5.66. The minimum absolute atomic E-state index is 0.0442. The number of ether oxygens (including phenoxy) is 1. The van der Waals surface area contributed by atoms with Gasteiger partial charge in [0.15, 0.2) is 5.69 Å². The molecule has 1 aromatic rings. The average Bonchev–Trinajstić information content (AvgIpc) is 2.54. The first-order valence-electron chi connectivity index (χ1n) is 4.66. The van der Waals surface area contributed by atoms with E-state index < -0.39 is 10.9 Å². The van der Waals surface area contributed by atoms with E-state index >= 15 is 0 Å². The molecule has 0 spiro atoms. The maximum atomic E-state index is 10.7. The minimum atomic E-state index is -0.667. The SMILES string of the molecule is CC(=O)OCc1c([N+](=O)[O-])nc(CC#N)n1C. The summed E-state index contributed by atoms with van der Waals surface area (Å²) in [6, 6.07) is 1.86. The van der Waals surface area contributed by atoms with Gasteiger partial charge in [-0.1, -0.05) is 0 Å². The van der Waals surface area contributed by atoms with E-state index in [2.05, 4.69) is 4.98 Å². The molecular weight excluding hydrogens is 228 g/mol. The van der Waals surface area contributed by atoms with E-state index in [-0.39, 0.29) is 30.4 Å². The molecule has 90 valence electrons. The average molecular weight is 238 g/mol. The van der Waals surface area contributed by atoms with E-state index in [0.29, 0.717) is 0 Å². The third-order valence-electron chi connectivity index (χ3n) is 2.11.